The zero-order valence-corrected chi connectivity index (χ0v) is 4.40. The highest BCUT2D eigenvalue weighted by Crippen LogP contribution is 2.15. The molecule has 54 valence electrons. The van der Waals surface area contributed by atoms with Gasteiger partial charge in [-0.15, -0.1) is 0 Å². The molecular formula is C4H5F3O2. The summed E-state index contributed by atoms with van der Waals surface area (Å²) in [4.78, 5) is 0. The molecule has 0 heterocycles. The normalized spacial score (nSPS) is 11.0. The lowest BCUT2D eigenvalue weighted by Crippen LogP contribution is -2.16. The Bertz CT molecular complexity index is 107. The van der Waals surface area contributed by atoms with Gasteiger partial charge in [0.2, 0.25) is 0 Å². The van der Waals surface area contributed by atoms with Gasteiger partial charge < -0.3 is 9.84 Å². The van der Waals surface area contributed by atoms with E-state index in [2.05, 4.69) is 11.3 Å². The van der Waals surface area contributed by atoms with Gasteiger partial charge in [0.1, 0.15) is 0 Å². The third-order valence-corrected chi connectivity index (χ3v) is 0.402. The molecule has 0 fully saturated rings. The maximum Gasteiger partial charge on any atom is 0.422 e. The van der Waals surface area contributed by atoms with Crippen molar-refractivity contribution < 1.29 is 23.0 Å². The van der Waals surface area contributed by atoms with E-state index in [1.807, 2.05) is 0 Å². The van der Waals surface area contributed by atoms with Crippen molar-refractivity contribution in [2.45, 2.75) is 6.18 Å². The van der Waals surface area contributed by atoms with Crippen LogP contribution in [0.4, 0.5) is 13.2 Å². The second-order valence-corrected chi connectivity index (χ2v) is 1.30. The molecule has 0 saturated heterocycles. The highest BCUT2D eigenvalue weighted by Gasteiger charge is 2.28. The Morgan fingerprint density at radius 1 is 1.56 bits per heavy atom. The van der Waals surface area contributed by atoms with Crippen LogP contribution in [0.1, 0.15) is 0 Å². The first-order valence-electron chi connectivity index (χ1n) is 1.99. The van der Waals surface area contributed by atoms with Gasteiger partial charge in [-0.2, -0.15) is 13.2 Å². The van der Waals surface area contributed by atoms with Gasteiger partial charge in [0.25, 0.3) is 5.95 Å². The van der Waals surface area contributed by atoms with E-state index in [0.717, 1.165) is 0 Å². The predicted octanol–water partition coefficient (Wildman–Crippen LogP) is 1.59. The van der Waals surface area contributed by atoms with Crippen LogP contribution in [-0.4, -0.2) is 17.9 Å². The molecular weight excluding hydrogens is 137 g/mol. The first kappa shape index (κ1) is 8.13. The second kappa shape index (κ2) is 2.61. The van der Waals surface area contributed by atoms with Crippen LogP contribution in [0.5, 0.6) is 0 Å². The minimum Gasteiger partial charge on any atom is -0.481 e. The molecule has 0 rings (SSSR count). The molecule has 0 radical (unpaired) electrons. The molecule has 0 aliphatic carbocycles. The molecule has 0 aromatic carbocycles. The van der Waals surface area contributed by atoms with Gasteiger partial charge >= 0.3 is 6.18 Å². The van der Waals surface area contributed by atoms with Gasteiger partial charge in [0.15, 0.2) is 6.61 Å². The van der Waals surface area contributed by atoms with Crippen molar-refractivity contribution in [1.29, 1.82) is 0 Å². The molecule has 0 bridgehead atoms. The summed E-state index contributed by atoms with van der Waals surface area (Å²) in [6.45, 7) is 1.19. The topological polar surface area (TPSA) is 29.5 Å². The molecule has 1 N–H and O–H groups in total. The minimum atomic E-state index is -4.41. The summed E-state index contributed by atoms with van der Waals surface area (Å²) >= 11 is 0. The van der Waals surface area contributed by atoms with Crippen LogP contribution in [0.15, 0.2) is 12.5 Å². The Kier molecular flexibility index (Phi) is 2.36. The smallest absolute Gasteiger partial charge is 0.422 e. The van der Waals surface area contributed by atoms with Crippen LogP contribution < -0.4 is 0 Å². The summed E-state index contributed by atoms with van der Waals surface area (Å²) in [5.41, 5.74) is 0. The van der Waals surface area contributed by atoms with Gasteiger partial charge in [0, 0.05) is 0 Å². The van der Waals surface area contributed by atoms with E-state index in [0.29, 0.717) is 0 Å². The van der Waals surface area contributed by atoms with Crippen molar-refractivity contribution in [3.05, 3.63) is 12.5 Å². The number of rotatable bonds is 2. The fourth-order valence-corrected chi connectivity index (χ4v) is 0.165. The standard InChI is InChI=1S/C4H5F3O2/c1-3(8)9-2-4(5,6)7/h8H,1-2H2. The average Bonchev–Trinajstić information content (AvgIpc) is 1.59. The lowest BCUT2D eigenvalue weighted by atomic mass is 10.7. The van der Waals surface area contributed by atoms with E-state index >= 15 is 0 Å². The SMILES string of the molecule is C=C(O)OCC(F)(F)F. The van der Waals surface area contributed by atoms with Crippen LogP contribution in [0.2, 0.25) is 0 Å². The molecule has 2 nitrogen and oxygen atoms in total. The second-order valence-electron chi connectivity index (χ2n) is 1.30. The Balaban J connectivity index is 3.39. The van der Waals surface area contributed by atoms with E-state index in [1.165, 1.54) is 0 Å². The highest BCUT2D eigenvalue weighted by atomic mass is 19.4. The minimum absolute atomic E-state index is 0.924. The lowest BCUT2D eigenvalue weighted by molar-refractivity contribution is -0.172. The summed E-state index contributed by atoms with van der Waals surface area (Å²) in [6, 6.07) is 0. The molecule has 0 aliphatic rings. The van der Waals surface area contributed by atoms with E-state index in [4.69, 9.17) is 5.11 Å². The van der Waals surface area contributed by atoms with Crippen LogP contribution in [-0.2, 0) is 4.74 Å². The van der Waals surface area contributed by atoms with E-state index in [9.17, 15) is 13.2 Å². The average molecular weight is 142 g/mol. The number of hydrogen-bond acceptors (Lipinski definition) is 2. The van der Waals surface area contributed by atoms with Gasteiger partial charge in [0.05, 0.1) is 0 Å². The van der Waals surface area contributed by atoms with E-state index in [1.54, 1.807) is 0 Å². The Morgan fingerprint density at radius 2 is 2.00 bits per heavy atom. The lowest BCUT2D eigenvalue weighted by Gasteiger charge is -2.05. The van der Waals surface area contributed by atoms with E-state index < -0.39 is 18.7 Å². The predicted molar refractivity (Wildman–Crippen MR) is 23.8 cm³/mol. The summed E-state index contributed by atoms with van der Waals surface area (Å²) in [5.74, 6) is -0.924. The Hall–Kier alpha value is -0.870. The number of halogens is 3. The molecule has 0 amide bonds. The quantitative estimate of drug-likeness (QED) is 0.593. The van der Waals surface area contributed by atoms with Crippen molar-refractivity contribution >= 4 is 0 Å². The first-order valence-corrected chi connectivity index (χ1v) is 1.99. The number of aliphatic hydroxyl groups excluding tert-OH is 1. The van der Waals surface area contributed by atoms with Crippen molar-refractivity contribution in [1.82, 2.24) is 0 Å². The monoisotopic (exact) mass is 142 g/mol. The molecule has 0 aromatic rings. The number of hydrogen-bond donors (Lipinski definition) is 1. The van der Waals surface area contributed by atoms with Gasteiger partial charge in [-0.05, 0) is 6.58 Å². The van der Waals surface area contributed by atoms with Crippen molar-refractivity contribution in [3.8, 4) is 0 Å². The molecule has 0 unspecified atom stereocenters. The highest BCUT2D eigenvalue weighted by molar-refractivity contribution is 4.63. The molecule has 0 spiro atoms. The van der Waals surface area contributed by atoms with Crippen LogP contribution in [0.3, 0.4) is 0 Å². The maximum atomic E-state index is 11.1. The first-order chi connectivity index (χ1) is 3.92. The Morgan fingerprint density at radius 3 is 2.11 bits per heavy atom. The maximum absolute atomic E-state index is 11.1. The summed E-state index contributed by atoms with van der Waals surface area (Å²) in [6.07, 6.45) is -4.41. The van der Waals surface area contributed by atoms with Crippen LogP contribution in [0, 0.1) is 0 Å². The van der Waals surface area contributed by atoms with Gasteiger partial charge in [-0.25, -0.2) is 0 Å². The van der Waals surface area contributed by atoms with Crippen LogP contribution in [0.25, 0.3) is 0 Å². The fourth-order valence-electron chi connectivity index (χ4n) is 0.165. The Labute approximate surface area is 49.5 Å². The van der Waals surface area contributed by atoms with Gasteiger partial charge in [-0.3, -0.25) is 0 Å². The summed E-state index contributed by atoms with van der Waals surface area (Å²) in [5, 5.41) is 8.00. The van der Waals surface area contributed by atoms with E-state index in [-0.39, 0.29) is 0 Å². The molecule has 0 saturated carbocycles. The third kappa shape index (κ3) is 7.13. The third-order valence-electron chi connectivity index (χ3n) is 0.402. The summed E-state index contributed by atoms with van der Waals surface area (Å²) in [7, 11) is 0. The van der Waals surface area contributed by atoms with Gasteiger partial charge in [-0.1, -0.05) is 0 Å². The molecule has 0 atom stereocenters. The van der Waals surface area contributed by atoms with Crippen molar-refractivity contribution in [2.24, 2.45) is 0 Å². The molecule has 5 heteroatoms. The zero-order chi connectivity index (χ0) is 7.49. The molecule has 9 heavy (non-hydrogen) atoms. The number of aliphatic hydroxyl groups is 1. The van der Waals surface area contributed by atoms with Crippen LogP contribution >= 0.6 is 0 Å². The number of alkyl halides is 3. The fraction of sp³-hybridized carbons (Fsp3) is 0.500. The summed E-state index contributed by atoms with van der Waals surface area (Å²) < 4.78 is 37.1. The zero-order valence-electron chi connectivity index (χ0n) is 4.40. The van der Waals surface area contributed by atoms with Crippen molar-refractivity contribution in [2.75, 3.05) is 6.61 Å². The molecule has 0 aliphatic heterocycles. The van der Waals surface area contributed by atoms with Crippen molar-refractivity contribution in [3.63, 3.8) is 0 Å². The number of ether oxygens (including phenoxy) is 1. The largest absolute Gasteiger partial charge is 0.481 e. The molecule has 0 aromatic heterocycles.